The van der Waals surface area contributed by atoms with E-state index < -0.39 is 12.0 Å². The Morgan fingerprint density at radius 3 is 2.65 bits per heavy atom. The summed E-state index contributed by atoms with van der Waals surface area (Å²) < 4.78 is 38.6. The minimum atomic E-state index is -3.09. The molecule has 0 radical (unpaired) electrons. The third kappa shape index (κ3) is 4.60. The zero-order chi connectivity index (χ0) is 24.5. The predicted octanol–water partition coefficient (Wildman–Crippen LogP) is 6.18. The summed E-state index contributed by atoms with van der Waals surface area (Å²) in [5.41, 5.74) is 1.90. The number of carbonyl (C=O) groups is 1. The maximum atomic E-state index is 13.3. The van der Waals surface area contributed by atoms with Crippen LogP contribution >= 0.6 is 0 Å². The zero-order valence-electron chi connectivity index (χ0n) is 19.5. The lowest BCUT2D eigenvalue weighted by Gasteiger charge is -2.25. The zero-order valence-corrected chi connectivity index (χ0v) is 19.5. The summed E-state index contributed by atoms with van der Waals surface area (Å²) in [6, 6.07) is 8.99. The van der Waals surface area contributed by atoms with E-state index in [1.54, 1.807) is 22.9 Å². The number of pyridine rings is 1. The summed E-state index contributed by atoms with van der Waals surface area (Å²) in [6.45, 7) is 0.556. The standard InChI is InChI=1S/C26H27F2N3O3/c1-26(2,15-29)18-9-10-31-19(14-30-23(31)13-18)17-11-21(33-3)24(22(12-17)34-25(27)28)20(32)8-7-16-5-4-6-16/h9-14,16,25H,4-8H2,1-3H3. The van der Waals surface area contributed by atoms with E-state index in [9.17, 15) is 18.8 Å². The van der Waals surface area contributed by atoms with Crippen LogP contribution in [0.3, 0.4) is 0 Å². The fourth-order valence-corrected chi connectivity index (χ4v) is 4.25. The Morgan fingerprint density at radius 2 is 2.03 bits per heavy atom. The molecule has 3 aromatic rings. The number of alkyl halides is 2. The van der Waals surface area contributed by atoms with Crippen LogP contribution in [0.25, 0.3) is 16.9 Å². The van der Waals surface area contributed by atoms with Gasteiger partial charge in [0.1, 0.15) is 22.7 Å². The maximum absolute atomic E-state index is 13.3. The van der Waals surface area contributed by atoms with E-state index in [4.69, 9.17) is 9.47 Å². The normalized spacial score (nSPS) is 14.1. The highest BCUT2D eigenvalue weighted by Gasteiger charge is 2.26. The molecule has 178 valence electrons. The number of benzene rings is 1. The van der Waals surface area contributed by atoms with E-state index in [1.807, 2.05) is 26.0 Å². The lowest BCUT2D eigenvalue weighted by Crippen LogP contribution is -2.15. The Balaban J connectivity index is 1.75. The molecule has 1 saturated carbocycles. The van der Waals surface area contributed by atoms with Gasteiger partial charge in [0, 0.05) is 18.2 Å². The molecule has 6 nitrogen and oxygen atoms in total. The maximum Gasteiger partial charge on any atom is 0.387 e. The number of halogens is 2. The van der Waals surface area contributed by atoms with E-state index >= 15 is 0 Å². The van der Waals surface area contributed by atoms with Gasteiger partial charge < -0.3 is 9.47 Å². The van der Waals surface area contributed by atoms with Gasteiger partial charge in [-0.05, 0) is 56.0 Å². The van der Waals surface area contributed by atoms with Gasteiger partial charge in [0.15, 0.2) is 5.78 Å². The quantitative estimate of drug-likeness (QED) is 0.352. The molecule has 34 heavy (non-hydrogen) atoms. The van der Waals surface area contributed by atoms with Crippen LogP contribution in [0.5, 0.6) is 11.5 Å². The smallest absolute Gasteiger partial charge is 0.387 e. The van der Waals surface area contributed by atoms with Gasteiger partial charge in [-0.3, -0.25) is 9.20 Å². The van der Waals surface area contributed by atoms with Crippen LogP contribution in [0.1, 0.15) is 61.9 Å². The number of ketones is 1. The van der Waals surface area contributed by atoms with E-state index in [-0.39, 0.29) is 29.3 Å². The largest absolute Gasteiger partial charge is 0.496 e. The molecule has 0 N–H and O–H groups in total. The first-order valence-electron chi connectivity index (χ1n) is 11.3. The monoisotopic (exact) mass is 467 g/mol. The second-order valence-corrected chi connectivity index (χ2v) is 9.21. The molecule has 0 atom stereocenters. The molecular weight excluding hydrogens is 440 g/mol. The van der Waals surface area contributed by atoms with Gasteiger partial charge in [0.05, 0.1) is 30.5 Å². The molecule has 0 amide bonds. The number of nitrogens with zero attached hydrogens (tertiary/aromatic N) is 3. The summed E-state index contributed by atoms with van der Waals surface area (Å²) >= 11 is 0. The molecule has 1 fully saturated rings. The molecule has 4 rings (SSSR count). The Hall–Kier alpha value is -3.47. The summed E-state index contributed by atoms with van der Waals surface area (Å²) in [6.07, 6.45) is 7.75. The van der Waals surface area contributed by atoms with Crippen molar-refractivity contribution in [1.82, 2.24) is 9.38 Å². The molecule has 0 spiro atoms. The molecular formula is C26H27F2N3O3. The summed E-state index contributed by atoms with van der Waals surface area (Å²) in [5.74, 6) is 0.222. The second kappa shape index (κ2) is 9.41. The molecule has 0 bridgehead atoms. The number of carbonyl (C=O) groups excluding carboxylic acids is 1. The Kier molecular flexibility index (Phi) is 6.56. The first-order chi connectivity index (χ1) is 16.2. The van der Waals surface area contributed by atoms with Gasteiger partial charge in [-0.25, -0.2) is 4.98 Å². The fraction of sp³-hybridized carbons (Fsp3) is 0.423. The number of imidazole rings is 1. The van der Waals surface area contributed by atoms with Crippen LogP contribution in [-0.4, -0.2) is 28.9 Å². The van der Waals surface area contributed by atoms with Crippen LogP contribution in [0.4, 0.5) is 8.78 Å². The van der Waals surface area contributed by atoms with Crippen molar-refractivity contribution >= 4 is 11.4 Å². The van der Waals surface area contributed by atoms with Crippen molar-refractivity contribution in [2.45, 2.75) is 58.0 Å². The van der Waals surface area contributed by atoms with Crippen molar-refractivity contribution in [3.63, 3.8) is 0 Å². The number of nitriles is 1. The average molecular weight is 468 g/mol. The minimum absolute atomic E-state index is 0.0396. The molecule has 2 aromatic heterocycles. The van der Waals surface area contributed by atoms with E-state index in [0.29, 0.717) is 22.8 Å². The van der Waals surface area contributed by atoms with E-state index in [1.165, 1.54) is 19.6 Å². The number of fused-ring (bicyclic) bond motifs is 1. The van der Waals surface area contributed by atoms with Crippen LogP contribution in [0.15, 0.2) is 36.7 Å². The third-order valence-corrected chi connectivity index (χ3v) is 6.60. The highest BCUT2D eigenvalue weighted by atomic mass is 19.3. The highest BCUT2D eigenvalue weighted by molar-refractivity contribution is 6.02. The van der Waals surface area contributed by atoms with Crippen molar-refractivity contribution < 1.29 is 23.0 Å². The van der Waals surface area contributed by atoms with Crippen molar-refractivity contribution in [3.8, 4) is 28.8 Å². The number of hydrogen-bond donors (Lipinski definition) is 0. The highest BCUT2D eigenvalue weighted by Crippen LogP contribution is 2.39. The molecule has 8 heteroatoms. The van der Waals surface area contributed by atoms with Gasteiger partial charge >= 0.3 is 6.61 Å². The summed E-state index contributed by atoms with van der Waals surface area (Å²) in [7, 11) is 1.40. The van der Waals surface area contributed by atoms with Gasteiger partial charge in [-0.1, -0.05) is 19.3 Å². The lowest BCUT2D eigenvalue weighted by atomic mass is 9.81. The Morgan fingerprint density at radius 1 is 1.29 bits per heavy atom. The topological polar surface area (TPSA) is 76.6 Å². The molecule has 1 aliphatic carbocycles. The average Bonchev–Trinajstić information content (AvgIpc) is 3.20. The number of rotatable bonds is 9. The Labute approximate surface area is 197 Å². The molecule has 2 heterocycles. The predicted molar refractivity (Wildman–Crippen MR) is 123 cm³/mol. The minimum Gasteiger partial charge on any atom is -0.496 e. The first-order valence-corrected chi connectivity index (χ1v) is 11.3. The van der Waals surface area contributed by atoms with Gasteiger partial charge in [0.2, 0.25) is 0 Å². The van der Waals surface area contributed by atoms with Crippen LogP contribution in [-0.2, 0) is 5.41 Å². The van der Waals surface area contributed by atoms with Crippen LogP contribution in [0.2, 0.25) is 0 Å². The second-order valence-electron chi connectivity index (χ2n) is 9.21. The number of methoxy groups -OCH3 is 1. The van der Waals surface area contributed by atoms with Crippen molar-refractivity contribution in [1.29, 1.82) is 5.26 Å². The molecule has 1 aliphatic rings. The van der Waals surface area contributed by atoms with E-state index in [0.717, 1.165) is 24.8 Å². The molecule has 0 aliphatic heterocycles. The number of Topliss-reactive ketones (excluding diaryl/α,β-unsaturated/α-hetero) is 1. The molecule has 0 saturated heterocycles. The lowest BCUT2D eigenvalue weighted by molar-refractivity contribution is -0.0502. The number of hydrogen-bond acceptors (Lipinski definition) is 5. The van der Waals surface area contributed by atoms with E-state index in [2.05, 4.69) is 11.1 Å². The summed E-state index contributed by atoms with van der Waals surface area (Å²) in [5, 5.41) is 9.43. The Bertz CT molecular complexity index is 1260. The number of aromatic nitrogens is 2. The number of ether oxygens (including phenoxy) is 2. The van der Waals surface area contributed by atoms with Crippen molar-refractivity contribution in [3.05, 3.63) is 47.8 Å². The first kappa shape index (κ1) is 23.7. The molecule has 1 aromatic carbocycles. The van der Waals surface area contributed by atoms with Crippen molar-refractivity contribution in [2.75, 3.05) is 7.11 Å². The van der Waals surface area contributed by atoms with Crippen LogP contribution < -0.4 is 9.47 Å². The van der Waals surface area contributed by atoms with Gasteiger partial charge in [-0.15, -0.1) is 0 Å². The van der Waals surface area contributed by atoms with Gasteiger partial charge in [0.25, 0.3) is 0 Å². The summed E-state index contributed by atoms with van der Waals surface area (Å²) in [4.78, 5) is 17.4. The molecule has 0 unspecified atom stereocenters. The SMILES string of the molecule is COc1cc(-c2cnc3cc(C(C)(C)C#N)ccn23)cc(OC(F)F)c1C(=O)CCC1CCC1. The third-order valence-electron chi connectivity index (χ3n) is 6.60. The van der Waals surface area contributed by atoms with Crippen LogP contribution in [0, 0.1) is 17.2 Å². The van der Waals surface area contributed by atoms with Crippen molar-refractivity contribution in [2.24, 2.45) is 5.92 Å². The fourth-order valence-electron chi connectivity index (χ4n) is 4.25. The van der Waals surface area contributed by atoms with Gasteiger partial charge in [-0.2, -0.15) is 14.0 Å².